The minimum Gasteiger partial charge on any atom is -0.490 e. The normalized spacial score (nSPS) is 24.4. The highest BCUT2D eigenvalue weighted by Crippen LogP contribution is 2.46. The van der Waals surface area contributed by atoms with Crippen molar-refractivity contribution in [3.05, 3.63) is 65.2 Å². The van der Waals surface area contributed by atoms with Crippen LogP contribution in [0.4, 0.5) is 0 Å². The zero-order chi connectivity index (χ0) is 21.7. The Bertz CT molecular complexity index is 1230. The minimum atomic E-state index is -0.496. The molecule has 0 aliphatic carbocycles. The quantitative estimate of drug-likeness (QED) is 0.388. The molecule has 0 amide bonds. The van der Waals surface area contributed by atoms with E-state index >= 15 is 0 Å². The van der Waals surface area contributed by atoms with Gasteiger partial charge in [-0.25, -0.2) is 0 Å². The van der Waals surface area contributed by atoms with Crippen molar-refractivity contribution in [1.29, 1.82) is 0 Å². The molecule has 0 radical (unpaired) electrons. The molecule has 2 bridgehead atoms. The molecule has 3 atom stereocenters. The van der Waals surface area contributed by atoms with E-state index in [1.807, 2.05) is 35.6 Å². The minimum absolute atomic E-state index is 0.305. The molecule has 2 aliphatic rings. The molecule has 1 N–H and O–H groups in total. The summed E-state index contributed by atoms with van der Waals surface area (Å²) in [5.74, 6) is 1.42. The fraction of sp³-hybridized carbons (Fsp3) is 0.407. The molecule has 6 rings (SSSR count). The smallest absolute Gasteiger partial charge is 0.137 e. The number of piperidine rings is 1. The highest BCUT2D eigenvalue weighted by Gasteiger charge is 2.42. The van der Waals surface area contributed by atoms with Gasteiger partial charge >= 0.3 is 0 Å². The average molecular weight is 448 g/mol. The molecule has 2 aromatic heterocycles. The average Bonchev–Trinajstić information content (AvgIpc) is 3.49. The second kappa shape index (κ2) is 8.22. The lowest BCUT2D eigenvalue weighted by molar-refractivity contribution is 0.0323. The lowest BCUT2D eigenvalue weighted by atomic mass is 9.89. The Balaban J connectivity index is 1.10. The zero-order valence-corrected chi connectivity index (χ0v) is 19.2. The number of aryl methyl sites for hydroxylation is 1. The summed E-state index contributed by atoms with van der Waals surface area (Å²) in [6, 6.07) is 17.9. The van der Waals surface area contributed by atoms with Crippen LogP contribution >= 0.6 is 11.3 Å². The van der Waals surface area contributed by atoms with E-state index in [0.29, 0.717) is 31.2 Å². The molecule has 166 valence electrons. The molecule has 2 aliphatic heterocycles. The van der Waals surface area contributed by atoms with Crippen LogP contribution in [0.25, 0.3) is 21.1 Å². The Kier molecular flexibility index (Phi) is 5.21. The largest absolute Gasteiger partial charge is 0.490 e. The Morgan fingerprint density at radius 2 is 1.91 bits per heavy atom. The molecule has 2 aromatic carbocycles. The van der Waals surface area contributed by atoms with Crippen LogP contribution in [-0.2, 0) is 0 Å². The number of fused-ring (bicyclic) bond motifs is 4. The first-order valence-electron chi connectivity index (χ1n) is 11.7. The molecule has 5 heteroatoms. The third-order valence-electron chi connectivity index (χ3n) is 7.39. The summed E-state index contributed by atoms with van der Waals surface area (Å²) in [6.45, 7) is 3.20. The van der Waals surface area contributed by atoms with E-state index in [2.05, 4.69) is 36.1 Å². The third-order valence-corrected chi connectivity index (χ3v) is 8.66. The second-order valence-corrected chi connectivity index (χ2v) is 10.6. The molecule has 4 heterocycles. The fourth-order valence-electron chi connectivity index (χ4n) is 5.81. The molecule has 4 aromatic rings. The maximum absolute atomic E-state index is 10.8. The molecular formula is C27H29NO3S. The van der Waals surface area contributed by atoms with Crippen molar-refractivity contribution in [2.45, 2.75) is 56.7 Å². The number of aliphatic hydroxyl groups excluding tert-OH is 1. The van der Waals surface area contributed by atoms with Crippen LogP contribution in [0.3, 0.4) is 0 Å². The van der Waals surface area contributed by atoms with Crippen molar-refractivity contribution in [2.24, 2.45) is 0 Å². The van der Waals surface area contributed by atoms with Gasteiger partial charge in [-0.1, -0.05) is 18.2 Å². The summed E-state index contributed by atoms with van der Waals surface area (Å²) < 4.78 is 12.8. The van der Waals surface area contributed by atoms with Gasteiger partial charge < -0.3 is 14.3 Å². The first kappa shape index (κ1) is 20.3. The van der Waals surface area contributed by atoms with E-state index in [4.69, 9.17) is 9.15 Å². The molecule has 2 fully saturated rings. The summed E-state index contributed by atoms with van der Waals surface area (Å²) in [7, 11) is 0. The van der Waals surface area contributed by atoms with Gasteiger partial charge in [-0.2, -0.15) is 0 Å². The van der Waals surface area contributed by atoms with Crippen molar-refractivity contribution >= 4 is 32.4 Å². The van der Waals surface area contributed by atoms with E-state index in [9.17, 15) is 5.11 Å². The van der Waals surface area contributed by atoms with Gasteiger partial charge in [-0.15, -0.1) is 11.3 Å². The topological polar surface area (TPSA) is 45.8 Å². The first-order chi connectivity index (χ1) is 15.7. The van der Waals surface area contributed by atoms with Crippen molar-refractivity contribution in [1.82, 2.24) is 4.90 Å². The maximum Gasteiger partial charge on any atom is 0.137 e. The monoisotopic (exact) mass is 447 g/mol. The second-order valence-electron chi connectivity index (χ2n) is 9.44. The number of nitrogens with zero attached hydrogens (tertiary/aromatic N) is 1. The number of hydrogen-bond acceptors (Lipinski definition) is 5. The Morgan fingerprint density at radius 1 is 1.09 bits per heavy atom. The van der Waals surface area contributed by atoms with Crippen LogP contribution in [0, 0.1) is 6.92 Å². The maximum atomic E-state index is 10.8. The number of aliphatic hydroxyl groups is 1. The van der Waals surface area contributed by atoms with Crippen LogP contribution < -0.4 is 4.74 Å². The summed E-state index contributed by atoms with van der Waals surface area (Å²) in [4.78, 5) is 4.10. The van der Waals surface area contributed by atoms with Crippen molar-refractivity contribution < 1.29 is 14.3 Å². The predicted octanol–water partition coefficient (Wildman–Crippen LogP) is 6.11. The molecule has 0 spiro atoms. The molecule has 2 saturated heterocycles. The molecule has 4 nitrogen and oxygen atoms in total. The molecule has 0 saturated carbocycles. The standard InChI is InChI=1S/C27H29NO3S/c1-17-4-2-7-26-23(17)14-27(32-26)18-12-19-8-9-20(13-18)28(19)15-21(29)16-31-25-6-3-5-24-22(25)10-11-30-24/h2-7,10-11,14,18-21,29H,8-9,12-13,15-16H2,1H3/t18?,19?,20?,21-/m0/s1. The van der Waals surface area contributed by atoms with Crippen LogP contribution in [0.1, 0.15) is 42.0 Å². The third kappa shape index (κ3) is 3.62. The van der Waals surface area contributed by atoms with Gasteiger partial charge in [0.15, 0.2) is 0 Å². The van der Waals surface area contributed by atoms with Gasteiger partial charge in [0.25, 0.3) is 0 Å². The van der Waals surface area contributed by atoms with E-state index in [-0.39, 0.29) is 0 Å². The van der Waals surface area contributed by atoms with E-state index < -0.39 is 6.10 Å². The van der Waals surface area contributed by atoms with Gasteiger partial charge in [0.2, 0.25) is 0 Å². The van der Waals surface area contributed by atoms with Crippen molar-refractivity contribution in [3.63, 3.8) is 0 Å². The highest BCUT2D eigenvalue weighted by atomic mass is 32.1. The number of hydrogen-bond donors (Lipinski definition) is 1. The lowest BCUT2D eigenvalue weighted by Gasteiger charge is -2.39. The molecular weight excluding hydrogens is 418 g/mol. The Hall–Kier alpha value is -2.34. The van der Waals surface area contributed by atoms with Crippen molar-refractivity contribution in [2.75, 3.05) is 13.2 Å². The number of furan rings is 1. The number of thiophene rings is 1. The van der Waals surface area contributed by atoms with Gasteiger partial charge in [-0.05, 0) is 79.8 Å². The lowest BCUT2D eigenvalue weighted by Crippen LogP contribution is -2.47. The predicted molar refractivity (Wildman–Crippen MR) is 130 cm³/mol. The van der Waals surface area contributed by atoms with Crippen LogP contribution in [0.5, 0.6) is 5.75 Å². The summed E-state index contributed by atoms with van der Waals surface area (Å²) >= 11 is 1.98. The van der Waals surface area contributed by atoms with E-state index in [1.54, 1.807) is 11.1 Å². The highest BCUT2D eigenvalue weighted by molar-refractivity contribution is 7.19. The van der Waals surface area contributed by atoms with Gasteiger partial charge in [-0.3, -0.25) is 4.90 Å². The summed E-state index contributed by atoms with van der Waals surface area (Å²) in [5, 5.41) is 13.1. The van der Waals surface area contributed by atoms with Crippen LogP contribution in [0.2, 0.25) is 0 Å². The SMILES string of the molecule is Cc1cccc2sc(C3CC4CCC(C3)N4C[C@H](O)COc3cccc4occc34)cc12. The van der Waals surface area contributed by atoms with Crippen molar-refractivity contribution in [3.8, 4) is 5.75 Å². The Labute approximate surface area is 192 Å². The Morgan fingerprint density at radius 3 is 2.72 bits per heavy atom. The van der Waals surface area contributed by atoms with Crippen LogP contribution in [-0.4, -0.2) is 41.3 Å². The number of benzene rings is 2. The zero-order valence-electron chi connectivity index (χ0n) is 18.4. The first-order valence-corrected chi connectivity index (χ1v) is 12.5. The summed E-state index contributed by atoms with van der Waals surface area (Å²) in [5.41, 5.74) is 2.19. The molecule has 32 heavy (non-hydrogen) atoms. The van der Waals surface area contributed by atoms with Gasteiger partial charge in [0.1, 0.15) is 24.0 Å². The van der Waals surface area contributed by atoms with Gasteiger partial charge in [0, 0.05) is 28.2 Å². The summed E-state index contributed by atoms with van der Waals surface area (Å²) in [6.07, 6.45) is 6.06. The van der Waals surface area contributed by atoms with E-state index in [1.165, 1.54) is 41.3 Å². The fourth-order valence-corrected chi connectivity index (χ4v) is 7.07. The van der Waals surface area contributed by atoms with Gasteiger partial charge in [0.05, 0.1) is 11.6 Å². The number of ether oxygens (including phenoxy) is 1. The van der Waals surface area contributed by atoms with Crippen LogP contribution in [0.15, 0.2) is 59.2 Å². The van der Waals surface area contributed by atoms with E-state index in [0.717, 1.165) is 16.7 Å². The number of rotatable bonds is 6. The molecule has 2 unspecified atom stereocenters.